The van der Waals surface area contributed by atoms with Gasteiger partial charge in [-0.1, -0.05) is 11.8 Å². The minimum absolute atomic E-state index is 0.164. The zero-order valence-corrected chi connectivity index (χ0v) is 12.7. The number of carbonyl (C=O) groups excluding carboxylic acids is 1. The van der Waals surface area contributed by atoms with Gasteiger partial charge in [0.2, 0.25) is 5.91 Å². The highest BCUT2D eigenvalue weighted by Crippen LogP contribution is 2.30. The van der Waals surface area contributed by atoms with Crippen molar-refractivity contribution >= 4 is 23.4 Å². The maximum atomic E-state index is 12.2. The molecule has 2 N–H and O–H groups in total. The Morgan fingerprint density at radius 2 is 2.19 bits per heavy atom. The summed E-state index contributed by atoms with van der Waals surface area (Å²) in [5, 5.41) is 9.52. The molecule has 2 rings (SSSR count). The Hall–Kier alpha value is -2.22. The molecule has 112 valence electrons. The molecule has 0 aliphatic heterocycles. The maximum Gasteiger partial charge on any atom is 0.237 e. The summed E-state index contributed by atoms with van der Waals surface area (Å²) >= 11 is 1.29. The van der Waals surface area contributed by atoms with Crippen LogP contribution in [0.1, 0.15) is 6.92 Å². The monoisotopic (exact) mass is 308 g/mol. The van der Waals surface area contributed by atoms with Crippen LogP contribution in [0.15, 0.2) is 29.7 Å². The van der Waals surface area contributed by atoms with E-state index < -0.39 is 0 Å². The van der Waals surface area contributed by atoms with Gasteiger partial charge in [0.25, 0.3) is 0 Å². The first-order chi connectivity index (χ1) is 10.1. The Labute approximate surface area is 126 Å². The quantitative estimate of drug-likeness (QED) is 0.793. The van der Waals surface area contributed by atoms with Crippen LogP contribution in [-0.2, 0) is 4.79 Å². The van der Waals surface area contributed by atoms with Crippen molar-refractivity contribution in [1.29, 1.82) is 0 Å². The molecule has 0 spiro atoms. The van der Waals surface area contributed by atoms with E-state index >= 15 is 0 Å². The van der Waals surface area contributed by atoms with Gasteiger partial charge in [-0.05, 0) is 19.1 Å². The third kappa shape index (κ3) is 3.88. The Morgan fingerprint density at radius 3 is 2.81 bits per heavy atom. The molecule has 0 aliphatic carbocycles. The molecule has 7 nitrogen and oxygen atoms in total. The molecule has 0 bridgehead atoms. The van der Waals surface area contributed by atoms with E-state index in [0.717, 1.165) is 0 Å². The number of thioether (sulfide) groups is 1. The molecule has 0 saturated heterocycles. The van der Waals surface area contributed by atoms with Crippen LogP contribution in [0.5, 0.6) is 11.5 Å². The molecule has 0 radical (unpaired) electrons. The van der Waals surface area contributed by atoms with Crippen molar-refractivity contribution in [1.82, 2.24) is 15.2 Å². The lowest BCUT2D eigenvalue weighted by Gasteiger charge is -2.14. The van der Waals surface area contributed by atoms with Crippen molar-refractivity contribution in [2.24, 2.45) is 0 Å². The van der Waals surface area contributed by atoms with E-state index in [9.17, 15) is 4.79 Å². The number of hydrogen-bond donors (Lipinski definition) is 2. The lowest BCUT2D eigenvalue weighted by Crippen LogP contribution is -2.22. The van der Waals surface area contributed by atoms with Crippen LogP contribution < -0.4 is 14.8 Å². The molecule has 2 aromatic rings. The number of nitrogens with one attached hydrogen (secondary N) is 2. The predicted octanol–water partition coefficient (Wildman–Crippen LogP) is 1.94. The number of carbonyl (C=O) groups is 1. The molecule has 1 aromatic carbocycles. The lowest BCUT2D eigenvalue weighted by molar-refractivity contribution is -0.115. The molecular formula is C13H16N4O3S. The number of hydrogen-bond acceptors (Lipinski definition) is 6. The second-order valence-corrected chi connectivity index (χ2v) is 5.44. The van der Waals surface area contributed by atoms with Crippen molar-refractivity contribution in [2.45, 2.75) is 17.3 Å². The summed E-state index contributed by atoms with van der Waals surface area (Å²) in [4.78, 5) is 16.2. The summed E-state index contributed by atoms with van der Waals surface area (Å²) in [6.07, 6.45) is 1.40. The predicted molar refractivity (Wildman–Crippen MR) is 79.9 cm³/mol. The molecule has 0 saturated carbocycles. The van der Waals surface area contributed by atoms with Gasteiger partial charge < -0.3 is 14.8 Å². The summed E-state index contributed by atoms with van der Waals surface area (Å²) < 4.78 is 10.4. The van der Waals surface area contributed by atoms with Gasteiger partial charge in [0.15, 0.2) is 5.16 Å². The molecular weight excluding hydrogens is 292 g/mol. The van der Waals surface area contributed by atoms with Gasteiger partial charge in [0.05, 0.1) is 25.2 Å². The Morgan fingerprint density at radius 1 is 1.38 bits per heavy atom. The second-order valence-electron chi connectivity index (χ2n) is 4.11. The fourth-order valence-corrected chi connectivity index (χ4v) is 2.33. The number of methoxy groups -OCH3 is 2. The van der Waals surface area contributed by atoms with Crippen LogP contribution in [0.25, 0.3) is 0 Å². The largest absolute Gasteiger partial charge is 0.497 e. The molecule has 1 unspecified atom stereocenters. The third-order valence-corrected chi connectivity index (χ3v) is 3.70. The zero-order chi connectivity index (χ0) is 15.2. The van der Waals surface area contributed by atoms with E-state index in [2.05, 4.69) is 20.5 Å². The topological polar surface area (TPSA) is 89.1 Å². The summed E-state index contributed by atoms with van der Waals surface area (Å²) in [6, 6.07) is 5.21. The van der Waals surface area contributed by atoms with Crippen LogP contribution in [0.4, 0.5) is 5.69 Å². The van der Waals surface area contributed by atoms with E-state index in [-0.39, 0.29) is 11.2 Å². The SMILES string of the molecule is COc1ccc(OC)c(NC(=O)C(C)Sc2ncn[nH]2)c1. The normalized spacial score (nSPS) is 11.8. The van der Waals surface area contributed by atoms with Crippen molar-refractivity contribution in [2.75, 3.05) is 19.5 Å². The lowest BCUT2D eigenvalue weighted by atomic mass is 10.2. The van der Waals surface area contributed by atoms with Crippen LogP contribution >= 0.6 is 11.8 Å². The van der Waals surface area contributed by atoms with E-state index in [1.54, 1.807) is 39.3 Å². The fourth-order valence-electron chi connectivity index (χ4n) is 1.62. The number of rotatable bonds is 6. The highest BCUT2D eigenvalue weighted by molar-refractivity contribution is 8.00. The standard InChI is InChI=1S/C13H16N4O3S/c1-8(21-13-14-7-15-17-13)12(18)16-10-6-9(19-2)4-5-11(10)20-3/h4-8H,1-3H3,(H,16,18)(H,14,15,17). The number of nitrogens with zero attached hydrogens (tertiary/aromatic N) is 2. The van der Waals surface area contributed by atoms with Crippen molar-refractivity contribution in [3.63, 3.8) is 0 Å². The number of aromatic amines is 1. The third-order valence-electron chi connectivity index (χ3n) is 2.72. The smallest absolute Gasteiger partial charge is 0.237 e. The number of ether oxygens (including phenoxy) is 2. The molecule has 8 heteroatoms. The number of anilines is 1. The fraction of sp³-hybridized carbons (Fsp3) is 0.308. The molecule has 0 aliphatic rings. The summed E-state index contributed by atoms with van der Waals surface area (Å²) in [5.41, 5.74) is 0.562. The Bertz CT molecular complexity index is 603. The first-order valence-corrected chi connectivity index (χ1v) is 7.07. The van der Waals surface area contributed by atoms with E-state index in [4.69, 9.17) is 9.47 Å². The molecule has 1 aromatic heterocycles. The molecule has 1 heterocycles. The molecule has 0 fully saturated rings. The zero-order valence-electron chi connectivity index (χ0n) is 11.9. The summed E-state index contributed by atoms with van der Waals surface area (Å²) in [7, 11) is 3.11. The number of aromatic nitrogens is 3. The van der Waals surface area contributed by atoms with E-state index in [1.165, 1.54) is 18.1 Å². The molecule has 21 heavy (non-hydrogen) atoms. The first-order valence-electron chi connectivity index (χ1n) is 6.19. The first kappa shape index (κ1) is 15.2. The number of benzene rings is 1. The van der Waals surface area contributed by atoms with Crippen molar-refractivity contribution in [3.05, 3.63) is 24.5 Å². The van der Waals surface area contributed by atoms with Crippen molar-refractivity contribution in [3.8, 4) is 11.5 Å². The van der Waals surface area contributed by atoms with Crippen LogP contribution in [0.2, 0.25) is 0 Å². The van der Waals surface area contributed by atoms with Crippen LogP contribution in [0.3, 0.4) is 0 Å². The van der Waals surface area contributed by atoms with Gasteiger partial charge in [-0.25, -0.2) is 4.98 Å². The highest BCUT2D eigenvalue weighted by Gasteiger charge is 2.18. The summed E-state index contributed by atoms with van der Waals surface area (Å²) in [6.45, 7) is 1.79. The highest BCUT2D eigenvalue weighted by atomic mass is 32.2. The van der Waals surface area contributed by atoms with Gasteiger partial charge in [-0.3, -0.25) is 9.89 Å². The van der Waals surface area contributed by atoms with E-state index in [1.807, 2.05) is 0 Å². The second kappa shape index (κ2) is 6.98. The van der Waals surface area contributed by atoms with Gasteiger partial charge in [0.1, 0.15) is 17.8 Å². The number of H-pyrrole nitrogens is 1. The van der Waals surface area contributed by atoms with Crippen LogP contribution in [-0.4, -0.2) is 40.6 Å². The molecule has 1 atom stereocenters. The van der Waals surface area contributed by atoms with E-state index in [0.29, 0.717) is 22.3 Å². The Kier molecular flexibility index (Phi) is 5.04. The van der Waals surface area contributed by atoms with Gasteiger partial charge in [0, 0.05) is 6.07 Å². The maximum absolute atomic E-state index is 12.2. The average molecular weight is 308 g/mol. The number of amides is 1. The van der Waals surface area contributed by atoms with Gasteiger partial charge in [-0.15, -0.1) is 0 Å². The summed E-state index contributed by atoms with van der Waals surface area (Å²) in [5.74, 6) is 1.05. The molecule has 1 amide bonds. The van der Waals surface area contributed by atoms with Crippen molar-refractivity contribution < 1.29 is 14.3 Å². The average Bonchev–Trinajstić information content (AvgIpc) is 2.99. The minimum atomic E-state index is -0.339. The van der Waals surface area contributed by atoms with Gasteiger partial charge in [-0.2, -0.15) is 5.10 Å². The minimum Gasteiger partial charge on any atom is -0.497 e. The Balaban J connectivity index is 2.07. The van der Waals surface area contributed by atoms with Crippen LogP contribution in [0, 0.1) is 0 Å². The van der Waals surface area contributed by atoms with Gasteiger partial charge >= 0.3 is 0 Å².